The molecule has 2 aliphatic rings. The summed E-state index contributed by atoms with van der Waals surface area (Å²) in [6.07, 6.45) is 3.24. The van der Waals surface area contributed by atoms with E-state index in [1.54, 1.807) is 6.07 Å². The lowest BCUT2D eigenvalue weighted by molar-refractivity contribution is 0.0695. The van der Waals surface area contributed by atoms with Crippen LogP contribution in [-0.4, -0.2) is 34.8 Å². The van der Waals surface area contributed by atoms with Crippen LogP contribution in [0.1, 0.15) is 43.1 Å². The van der Waals surface area contributed by atoms with Gasteiger partial charge in [0.1, 0.15) is 11.4 Å². The van der Waals surface area contributed by atoms with Gasteiger partial charge in [0.05, 0.1) is 11.2 Å². The number of halogens is 1. The van der Waals surface area contributed by atoms with Crippen LogP contribution in [-0.2, 0) is 0 Å². The summed E-state index contributed by atoms with van der Waals surface area (Å²) in [4.78, 5) is 25.8. The van der Waals surface area contributed by atoms with E-state index in [-0.39, 0.29) is 28.4 Å². The molecule has 1 atom stereocenters. The standard InChI is InChI=1S/C19H22FN3O3/c1-19(2)9-22(8-16(19)21)15-6-14-11(5-13(15)20)17(24)12(18(25)26)7-23(14)10-3-4-10/h5-7,10,16H,3-4,8-9,21H2,1-2H3,(H,25,26)/t16-/m1/s1. The van der Waals surface area contributed by atoms with Crippen LogP contribution in [0.2, 0.25) is 0 Å². The van der Waals surface area contributed by atoms with Gasteiger partial charge < -0.3 is 20.3 Å². The van der Waals surface area contributed by atoms with E-state index in [4.69, 9.17) is 5.73 Å². The van der Waals surface area contributed by atoms with Gasteiger partial charge in [-0.05, 0) is 30.4 Å². The minimum atomic E-state index is -1.29. The Morgan fingerprint density at radius 1 is 1.35 bits per heavy atom. The molecule has 3 N–H and O–H groups in total. The number of hydrogen-bond acceptors (Lipinski definition) is 4. The molecule has 7 heteroatoms. The zero-order valence-corrected chi connectivity index (χ0v) is 14.8. The van der Waals surface area contributed by atoms with Gasteiger partial charge >= 0.3 is 5.97 Å². The van der Waals surface area contributed by atoms with Crippen LogP contribution in [0, 0.1) is 11.2 Å². The van der Waals surface area contributed by atoms with Crippen LogP contribution < -0.4 is 16.1 Å². The van der Waals surface area contributed by atoms with Crippen LogP contribution in [0.4, 0.5) is 10.1 Å². The van der Waals surface area contributed by atoms with Gasteiger partial charge in [0, 0.05) is 36.8 Å². The Balaban J connectivity index is 1.92. The van der Waals surface area contributed by atoms with E-state index >= 15 is 0 Å². The van der Waals surface area contributed by atoms with Crippen molar-refractivity contribution in [2.24, 2.45) is 11.1 Å². The topological polar surface area (TPSA) is 88.6 Å². The Hall–Kier alpha value is -2.41. The molecule has 2 aromatic rings. The van der Waals surface area contributed by atoms with E-state index < -0.39 is 17.2 Å². The maximum absolute atomic E-state index is 14.8. The minimum Gasteiger partial charge on any atom is -0.477 e. The number of nitrogens with zero attached hydrogens (tertiary/aromatic N) is 2. The molecular weight excluding hydrogens is 337 g/mol. The molecule has 0 amide bonds. The fourth-order valence-electron chi connectivity index (χ4n) is 3.75. The molecule has 1 aliphatic carbocycles. The Bertz CT molecular complexity index is 978. The van der Waals surface area contributed by atoms with E-state index in [1.165, 1.54) is 12.3 Å². The van der Waals surface area contributed by atoms with Gasteiger partial charge in [0.25, 0.3) is 0 Å². The zero-order valence-electron chi connectivity index (χ0n) is 14.8. The lowest BCUT2D eigenvalue weighted by atomic mass is 9.89. The van der Waals surface area contributed by atoms with Crippen molar-refractivity contribution in [3.63, 3.8) is 0 Å². The fraction of sp³-hybridized carbons (Fsp3) is 0.474. The van der Waals surface area contributed by atoms with Crippen LogP contribution in [0.5, 0.6) is 0 Å². The van der Waals surface area contributed by atoms with Crippen molar-refractivity contribution in [1.82, 2.24) is 4.57 Å². The minimum absolute atomic E-state index is 0.0717. The average molecular weight is 359 g/mol. The summed E-state index contributed by atoms with van der Waals surface area (Å²) < 4.78 is 16.6. The number of pyridine rings is 1. The van der Waals surface area contributed by atoms with E-state index in [2.05, 4.69) is 13.8 Å². The second-order valence-electron chi connectivity index (χ2n) is 8.11. The van der Waals surface area contributed by atoms with Gasteiger partial charge in [-0.25, -0.2) is 9.18 Å². The smallest absolute Gasteiger partial charge is 0.341 e. The molecule has 2 fully saturated rings. The number of carboxylic acids is 1. The highest BCUT2D eigenvalue weighted by atomic mass is 19.1. The summed E-state index contributed by atoms with van der Waals surface area (Å²) in [5.41, 5.74) is 6.08. The van der Waals surface area contributed by atoms with Crippen molar-refractivity contribution in [2.45, 2.75) is 38.8 Å². The molecule has 4 rings (SSSR count). The zero-order chi connectivity index (χ0) is 18.8. The number of rotatable bonds is 3. The summed E-state index contributed by atoms with van der Waals surface area (Å²) in [5, 5.41) is 9.42. The first-order valence-corrected chi connectivity index (χ1v) is 8.81. The van der Waals surface area contributed by atoms with E-state index in [9.17, 15) is 19.1 Å². The molecule has 138 valence electrons. The first-order valence-electron chi connectivity index (χ1n) is 8.81. The summed E-state index contributed by atoms with van der Waals surface area (Å²) in [6, 6.07) is 2.93. The second kappa shape index (κ2) is 5.54. The number of fused-ring (bicyclic) bond motifs is 1. The van der Waals surface area contributed by atoms with E-state index in [0.717, 1.165) is 12.8 Å². The van der Waals surface area contributed by atoms with Gasteiger partial charge in [0.2, 0.25) is 5.43 Å². The van der Waals surface area contributed by atoms with Crippen molar-refractivity contribution in [2.75, 3.05) is 18.0 Å². The fourth-order valence-corrected chi connectivity index (χ4v) is 3.75. The Kier molecular flexibility index (Phi) is 3.63. The van der Waals surface area contributed by atoms with Gasteiger partial charge in [-0.3, -0.25) is 4.79 Å². The molecule has 0 spiro atoms. The van der Waals surface area contributed by atoms with Gasteiger partial charge in [-0.1, -0.05) is 13.8 Å². The molecule has 6 nitrogen and oxygen atoms in total. The van der Waals surface area contributed by atoms with Gasteiger partial charge in [-0.2, -0.15) is 0 Å². The van der Waals surface area contributed by atoms with Gasteiger partial charge in [-0.15, -0.1) is 0 Å². The molecular formula is C19H22FN3O3. The molecule has 1 aliphatic heterocycles. The molecule has 1 aromatic carbocycles. The van der Waals surface area contributed by atoms with E-state index in [1.807, 2.05) is 9.47 Å². The Morgan fingerprint density at radius 2 is 2.04 bits per heavy atom. The number of benzene rings is 1. The molecule has 1 aromatic heterocycles. The van der Waals surface area contributed by atoms with Crippen molar-refractivity contribution in [3.05, 3.63) is 39.9 Å². The summed E-state index contributed by atoms with van der Waals surface area (Å²) in [6.45, 7) is 5.26. The number of nitrogens with two attached hydrogens (primary N) is 1. The first kappa shape index (κ1) is 17.0. The second-order valence-corrected chi connectivity index (χ2v) is 8.11. The predicted octanol–water partition coefficient (Wildman–Crippen LogP) is 2.35. The number of aromatic nitrogens is 1. The third-order valence-electron chi connectivity index (χ3n) is 5.63. The number of hydrogen-bond donors (Lipinski definition) is 2. The lowest BCUT2D eigenvalue weighted by Gasteiger charge is -2.23. The van der Waals surface area contributed by atoms with Crippen molar-refractivity contribution >= 4 is 22.6 Å². The maximum atomic E-state index is 14.8. The molecule has 2 heterocycles. The lowest BCUT2D eigenvalue weighted by Crippen LogP contribution is -2.35. The summed E-state index contributed by atoms with van der Waals surface area (Å²) in [5.74, 6) is -1.81. The third-order valence-corrected chi connectivity index (χ3v) is 5.63. The highest BCUT2D eigenvalue weighted by Crippen LogP contribution is 2.39. The normalized spacial score (nSPS) is 22.2. The number of aromatic carboxylic acids is 1. The molecule has 26 heavy (non-hydrogen) atoms. The maximum Gasteiger partial charge on any atom is 0.341 e. The van der Waals surface area contributed by atoms with Crippen molar-refractivity contribution in [3.8, 4) is 0 Å². The van der Waals surface area contributed by atoms with Crippen molar-refractivity contribution in [1.29, 1.82) is 0 Å². The van der Waals surface area contributed by atoms with Crippen molar-refractivity contribution < 1.29 is 14.3 Å². The summed E-state index contributed by atoms with van der Waals surface area (Å²) in [7, 11) is 0. The average Bonchev–Trinajstić information content (AvgIpc) is 3.34. The van der Waals surface area contributed by atoms with Gasteiger partial charge in [0.15, 0.2) is 0 Å². The molecule has 0 bridgehead atoms. The third kappa shape index (κ3) is 2.58. The number of carbonyl (C=O) groups is 1. The summed E-state index contributed by atoms with van der Waals surface area (Å²) >= 11 is 0. The first-order chi connectivity index (χ1) is 12.2. The van der Waals surface area contributed by atoms with Crippen LogP contribution in [0.15, 0.2) is 23.1 Å². The SMILES string of the molecule is CC1(C)CN(c2cc3c(cc2F)c(=O)c(C(=O)O)cn3C2CC2)C[C@H]1N. The monoisotopic (exact) mass is 359 g/mol. The highest BCUT2D eigenvalue weighted by molar-refractivity contribution is 5.93. The molecule has 1 saturated carbocycles. The molecule has 1 saturated heterocycles. The largest absolute Gasteiger partial charge is 0.477 e. The van der Waals surface area contributed by atoms with Crippen LogP contribution >= 0.6 is 0 Å². The van der Waals surface area contributed by atoms with Crippen LogP contribution in [0.3, 0.4) is 0 Å². The Labute approximate surface area is 150 Å². The number of anilines is 1. The van der Waals surface area contributed by atoms with E-state index in [0.29, 0.717) is 24.3 Å². The number of carboxylic acid groups (broad SMARTS) is 1. The molecule has 0 unspecified atom stereocenters. The Morgan fingerprint density at radius 3 is 2.58 bits per heavy atom. The quantitative estimate of drug-likeness (QED) is 0.878. The molecule has 0 radical (unpaired) electrons. The highest BCUT2D eigenvalue weighted by Gasteiger charge is 2.38. The predicted molar refractivity (Wildman–Crippen MR) is 97.4 cm³/mol. The van der Waals surface area contributed by atoms with Crippen LogP contribution in [0.25, 0.3) is 10.9 Å².